The van der Waals surface area contributed by atoms with Gasteiger partial charge in [0.1, 0.15) is 0 Å². The number of nitrogens with one attached hydrogen (secondary N) is 2. The first-order valence-electron chi connectivity index (χ1n) is 7.95. The second kappa shape index (κ2) is 6.49. The molecule has 1 saturated carbocycles. The molecular weight excluding hydrogens is 328 g/mol. The highest BCUT2D eigenvalue weighted by Gasteiger charge is 2.38. The van der Waals surface area contributed by atoms with Crippen molar-refractivity contribution in [2.45, 2.75) is 57.2 Å². The van der Waals surface area contributed by atoms with E-state index in [-0.39, 0.29) is 18.0 Å². The number of rotatable bonds is 3. The smallest absolute Gasteiger partial charge is 0.237 e. The molecular formula is C17H23BrN2O. The Morgan fingerprint density at radius 1 is 1.29 bits per heavy atom. The molecule has 1 aliphatic heterocycles. The van der Waals surface area contributed by atoms with Crippen LogP contribution in [0.3, 0.4) is 0 Å². The summed E-state index contributed by atoms with van der Waals surface area (Å²) in [4.78, 5) is 12.5. The Bertz CT molecular complexity index is 488. The second-order valence-electron chi connectivity index (χ2n) is 6.39. The van der Waals surface area contributed by atoms with Crippen LogP contribution in [0, 0.1) is 5.92 Å². The predicted molar refractivity (Wildman–Crippen MR) is 88.0 cm³/mol. The van der Waals surface area contributed by atoms with Crippen LogP contribution in [0.5, 0.6) is 0 Å². The van der Waals surface area contributed by atoms with E-state index in [1.807, 2.05) is 19.1 Å². The monoisotopic (exact) mass is 350 g/mol. The van der Waals surface area contributed by atoms with E-state index < -0.39 is 0 Å². The lowest BCUT2D eigenvalue weighted by Crippen LogP contribution is -2.43. The van der Waals surface area contributed by atoms with Gasteiger partial charge in [0.15, 0.2) is 0 Å². The predicted octanol–water partition coefficient (Wildman–Crippen LogP) is 3.55. The Labute approximate surface area is 135 Å². The second-order valence-corrected chi connectivity index (χ2v) is 7.30. The van der Waals surface area contributed by atoms with Crippen molar-refractivity contribution in [1.82, 2.24) is 10.6 Å². The van der Waals surface area contributed by atoms with E-state index in [2.05, 4.69) is 38.7 Å². The minimum atomic E-state index is -0.00371. The van der Waals surface area contributed by atoms with Crippen molar-refractivity contribution >= 4 is 21.8 Å². The largest absolute Gasteiger partial charge is 0.348 e. The zero-order chi connectivity index (χ0) is 14.8. The lowest BCUT2D eigenvalue weighted by molar-refractivity contribution is -0.123. The molecule has 1 saturated heterocycles. The van der Waals surface area contributed by atoms with Crippen molar-refractivity contribution in [2.24, 2.45) is 5.92 Å². The number of hydrogen-bond donors (Lipinski definition) is 2. The number of carbonyl (C=O) groups excluding carboxylic acids is 1. The van der Waals surface area contributed by atoms with Crippen LogP contribution in [-0.2, 0) is 4.79 Å². The Morgan fingerprint density at radius 2 is 2.00 bits per heavy atom. The molecule has 0 radical (unpaired) electrons. The number of hydrogen-bond acceptors (Lipinski definition) is 2. The third kappa shape index (κ3) is 3.49. The average Bonchev–Trinajstić information content (AvgIpc) is 2.92. The van der Waals surface area contributed by atoms with Crippen molar-refractivity contribution in [1.29, 1.82) is 0 Å². The van der Waals surface area contributed by atoms with Crippen molar-refractivity contribution in [2.75, 3.05) is 0 Å². The van der Waals surface area contributed by atoms with Gasteiger partial charge in [-0.1, -0.05) is 40.9 Å². The Morgan fingerprint density at radius 3 is 2.71 bits per heavy atom. The molecule has 3 rings (SSSR count). The SMILES string of the molecule is C[C@H](NC(=O)C1CC2CCCCC2N1)c1ccc(Br)cc1. The number of carbonyl (C=O) groups is 1. The molecule has 21 heavy (non-hydrogen) atoms. The van der Waals surface area contributed by atoms with E-state index in [1.54, 1.807) is 0 Å². The number of fused-ring (bicyclic) bond motifs is 1. The molecule has 0 spiro atoms. The summed E-state index contributed by atoms with van der Waals surface area (Å²) < 4.78 is 1.06. The summed E-state index contributed by atoms with van der Waals surface area (Å²) in [5.74, 6) is 0.859. The Balaban J connectivity index is 1.57. The van der Waals surface area contributed by atoms with Crippen LogP contribution in [0.4, 0.5) is 0 Å². The number of benzene rings is 1. The molecule has 1 amide bonds. The fourth-order valence-electron chi connectivity index (χ4n) is 3.67. The third-order valence-corrected chi connectivity index (χ3v) is 5.44. The molecule has 0 bridgehead atoms. The van der Waals surface area contributed by atoms with E-state index in [0.29, 0.717) is 12.0 Å². The van der Waals surface area contributed by atoms with Gasteiger partial charge in [0, 0.05) is 10.5 Å². The maximum absolute atomic E-state index is 12.5. The molecule has 1 aromatic rings. The van der Waals surface area contributed by atoms with Crippen LogP contribution >= 0.6 is 15.9 Å². The maximum Gasteiger partial charge on any atom is 0.237 e. The molecule has 1 aromatic carbocycles. The van der Waals surface area contributed by atoms with Crippen molar-refractivity contribution in [3.8, 4) is 0 Å². The summed E-state index contributed by atoms with van der Waals surface area (Å²) in [5, 5.41) is 6.69. The van der Waals surface area contributed by atoms with Crippen LogP contribution in [0.15, 0.2) is 28.7 Å². The van der Waals surface area contributed by atoms with Crippen molar-refractivity contribution in [3.05, 3.63) is 34.3 Å². The normalized spacial score (nSPS) is 29.7. The molecule has 4 heteroatoms. The van der Waals surface area contributed by atoms with Crippen LogP contribution in [0.2, 0.25) is 0 Å². The molecule has 2 aliphatic rings. The van der Waals surface area contributed by atoms with Gasteiger partial charge in [0.25, 0.3) is 0 Å². The summed E-state index contributed by atoms with van der Waals surface area (Å²) in [6, 6.07) is 8.75. The van der Waals surface area contributed by atoms with E-state index >= 15 is 0 Å². The quantitative estimate of drug-likeness (QED) is 0.875. The first kappa shape index (κ1) is 15.0. The molecule has 2 fully saturated rings. The van der Waals surface area contributed by atoms with Crippen molar-refractivity contribution < 1.29 is 4.79 Å². The van der Waals surface area contributed by atoms with Gasteiger partial charge in [-0.15, -0.1) is 0 Å². The molecule has 4 atom stereocenters. The fourth-order valence-corrected chi connectivity index (χ4v) is 3.93. The minimum absolute atomic E-state index is 0.00371. The van der Waals surface area contributed by atoms with E-state index in [1.165, 1.54) is 25.7 Å². The number of halogens is 1. The molecule has 0 aromatic heterocycles. The summed E-state index contributed by atoms with van der Waals surface area (Å²) in [6.07, 6.45) is 6.15. The van der Waals surface area contributed by atoms with Gasteiger partial charge in [-0.3, -0.25) is 4.79 Å². The third-order valence-electron chi connectivity index (χ3n) is 4.91. The zero-order valence-corrected chi connectivity index (χ0v) is 14.0. The van der Waals surface area contributed by atoms with E-state index in [0.717, 1.165) is 16.5 Å². The Kier molecular flexibility index (Phi) is 4.65. The van der Waals surface area contributed by atoms with Gasteiger partial charge in [-0.2, -0.15) is 0 Å². The molecule has 114 valence electrons. The van der Waals surface area contributed by atoms with Gasteiger partial charge in [-0.05, 0) is 49.8 Å². The molecule has 3 nitrogen and oxygen atoms in total. The summed E-state index contributed by atoms with van der Waals surface area (Å²) in [5.41, 5.74) is 1.14. The first-order valence-corrected chi connectivity index (χ1v) is 8.74. The minimum Gasteiger partial charge on any atom is -0.348 e. The lowest BCUT2D eigenvalue weighted by atomic mass is 9.85. The summed E-state index contributed by atoms with van der Waals surface area (Å²) in [6.45, 7) is 2.04. The molecule has 1 aliphatic carbocycles. The lowest BCUT2D eigenvalue weighted by Gasteiger charge is -2.24. The summed E-state index contributed by atoms with van der Waals surface area (Å²) in [7, 11) is 0. The number of amides is 1. The van der Waals surface area contributed by atoms with Crippen LogP contribution < -0.4 is 10.6 Å². The standard InChI is InChI=1S/C17H23BrN2O/c1-11(12-6-8-14(18)9-7-12)19-17(21)16-10-13-4-2-3-5-15(13)20-16/h6-9,11,13,15-16,20H,2-5,10H2,1H3,(H,19,21)/t11-,13?,15?,16?/m0/s1. The zero-order valence-electron chi connectivity index (χ0n) is 12.4. The van der Waals surface area contributed by atoms with E-state index in [4.69, 9.17) is 0 Å². The van der Waals surface area contributed by atoms with Gasteiger partial charge < -0.3 is 10.6 Å². The first-order chi connectivity index (χ1) is 10.1. The van der Waals surface area contributed by atoms with Gasteiger partial charge in [0.2, 0.25) is 5.91 Å². The Hall–Kier alpha value is -0.870. The van der Waals surface area contributed by atoms with Gasteiger partial charge in [0.05, 0.1) is 12.1 Å². The van der Waals surface area contributed by atoms with Crippen LogP contribution in [0.1, 0.15) is 50.6 Å². The fraction of sp³-hybridized carbons (Fsp3) is 0.588. The molecule has 2 N–H and O–H groups in total. The maximum atomic E-state index is 12.5. The van der Waals surface area contributed by atoms with Crippen LogP contribution in [0.25, 0.3) is 0 Å². The molecule has 1 heterocycles. The highest BCUT2D eigenvalue weighted by molar-refractivity contribution is 9.10. The van der Waals surface area contributed by atoms with Gasteiger partial charge >= 0.3 is 0 Å². The van der Waals surface area contributed by atoms with E-state index in [9.17, 15) is 4.79 Å². The topological polar surface area (TPSA) is 41.1 Å². The van der Waals surface area contributed by atoms with Crippen LogP contribution in [-0.4, -0.2) is 18.0 Å². The highest BCUT2D eigenvalue weighted by atomic mass is 79.9. The van der Waals surface area contributed by atoms with Crippen molar-refractivity contribution in [3.63, 3.8) is 0 Å². The summed E-state index contributed by atoms with van der Waals surface area (Å²) >= 11 is 3.44. The van der Waals surface area contributed by atoms with Gasteiger partial charge in [-0.25, -0.2) is 0 Å². The highest BCUT2D eigenvalue weighted by Crippen LogP contribution is 2.33. The molecule has 3 unspecified atom stereocenters. The average molecular weight is 351 g/mol.